The fraction of sp³-hybridized carbons (Fsp3) is 0.238. The normalized spacial score (nSPS) is 15.4. The van der Waals surface area contributed by atoms with Crippen molar-refractivity contribution in [3.05, 3.63) is 69.9 Å². The Labute approximate surface area is 168 Å². The summed E-state index contributed by atoms with van der Waals surface area (Å²) < 4.78 is 0. The highest BCUT2D eigenvalue weighted by Gasteiger charge is 2.34. The number of benzene rings is 1. The van der Waals surface area contributed by atoms with Gasteiger partial charge in [-0.1, -0.05) is 24.3 Å². The van der Waals surface area contributed by atoms with Crippen molar-refractivity contribution in [2.24, 2.45) is 0 Å². The zero-order valence-corrected chi connectivity index (χ0v) is 16.6. The van der Waals surface area contributed by atoms with Gasteiger partial charge in [-0.25, -0.2) is 0 Å². The highest BCUT2D eigenvalue weighted by atomic mass is 32.2. The van der Waals surface area contributed by atoms with Crippen molar-refractivity contribution in [2.45, 2.75) is 20.3 Å². The summed E-state index contributed by atoms with van der Waals surface area (Å²) >= 11 is 0.899. The lowest BCUT2D eigenvalue weighted by Crippen LogP contribution is -2.37. The molecule has 1 fully saturated rings. The van der Waals surface area contributed by atoms with E-state index in [1.54, 1.807) is 24.5 Å². The fourth-order valence-corrected chi connectivity index (χ4v) is 3.64. The lowest BCUT2D eigenvalue weighted by Gasteiger charge is -2.13. The van der Waals surface area contributed by atoms with Gasteiger partial charge >= 0.3 is 0 Å². The molecule has 3 rings (SSSR count). The van der Waals surface area contributed by atoms with Gasteiger partial charge < -0.3 is 5.32 Å². The monoisotopic (exact) mass is 395 g/mol. The molecule has 144 valence electrons. The van der Waals surface area contributed by atoms with Gasteiger partial charge in [-0.15, -0.1) is 0 Å². The number of hydrogen-bond acceptors (Lipinski definition) is 5. The fourth-order valence-electron chi connectivity index (χ4n) is 2.77. The minimum atomic E-state index is -0.345. The van der Waals surface area contributed by atoms with E-state index in [4.69, 9.17) is 0 Å². The first-order valence-corrected chi connectivity index (χ1v) is 9.74. The molecule has 1 N–H and O–H groups in total. The molecule has 3 amide bonds. The molecule has 0 unspecified atom stereocenters. The Morgan fingerprint density at radius 2 is 2.04 bits per heavy atom. The van der Waals surface area contributed by atoms with Crippen LogP contribution in [-0.2, 0) is 16.0 Å². The number of amides is 3. The van der Waals surface area contributed by atoms with E-state index in [0.29, 0.717) is 4.91 Å². The van der Waals surface area contributed by atoms with E-state index in [2.05, 4.69) is 10.3 Å². The predicted molar refractivity (Wildman–Crippen MR) is 110 cm³/mol. The lowest BCUT2D eigenvalue weighted by molar-refractivity contribution is -0.124. The molecule has 2 aromatic rings. The Balaban J connectivity index is 1.52. The average Bonchev–Trinajstić information content (AvgIpc) is 2.93. The van der Waals surface area contributed by atoms with Crippen LogP contribution in [0.3, 0.4) is 0 Å². The van der Waals surface area contributed by atoms with E-state index < -0.39 is 0 Å². The van der Waals surface area contributed by atoms with Gasteiger partial charge in [0, 0.05) is 25.5 Å². The van der Waals surface area contributed by atoms with Crippen molar-refractivity contribution in [3.8, 4) is 0 Å². The van der Waals surface area contributed by atoms with Gasteiger partial charge in [-0.2, -0.15) is 0 Å². The number of aryl methyl sites for hydroxylation is 2. The molecule has 0 saturated carbocycles. The smallest absolute Gasteiger partial charge is 0.293 e. The van der Waals surface area contributed by atoms with Crippen LogP contribution in [-0.4, -0.2) is 40.0 Å². The summed E-state index contributed by atoms with van der Waals surface area (Å²) in [6.07, 6.45) is 5.19. The van der Waals surface area contributed by atoms with Gasteiger partial charge in [-0.05, 0) is 60.0 Å². The van der Waals surface area contributed by atoms with Crippen molar-refractivity contribution >= 4 is 34.9 Å². The van der Waals surface area contributed by atoms with Gasteiger partial charge in [0.2, 0.25) is 5.91 Å². The SMILES string of the molecule is Cc1ccc(CC(=O)NCCN2C(=O)S/C(=C/c3cccnc3)C2=O)cc1C. The maximum Gasteiger partial charge on any atom is 0.293 e. The predicted octanol–water partition coefficient (Wildman–Crippen LogP) is 3.09. The lowest BCUT2D eigenvalue weighted by atomic mass is 10.0. The first-order valence-electron chi connectivity index (χ1n) is 8.92. The number of nitrogens with zero attached hydrogens (tertiary/aromatic N) is 2. The minimum Gasteiger partial charge on any atom is -0.354 e. The summed E-state index contributed by atoms with van der Waals surface area (Å²) in [7, 11) is 0. The summed E-state index contributed by atoms with van der Waals surface area (Å²) in [5, 5.41) is 2.44. The highest BCUT2D eigenvalue weighted by molar-refractivity contribution is 8.18. The third kappa shape index (κ3) is 4.86. The Bertz CT molecular complexity index is 941. The first kappa shape index (κ1) is 19.8. The van der Waals surface area contributed by atoms with Crippen molar-refractivity contribution in [1.82, 2.24) is 15.2 Å². The van der Waals surface area contributed by atoms with E-state index in [1.807, 2.05) is 38.1 Å². The molecular weight excluding hydrogens is 374 g/mol. The Kier molecular flexibility index (Phi) is 6.26. The third-order valence-electron chi connectivity index (χ3n) is 4.45. The van der Waals surface area contributed by atoms with Crippen LogP contribution in [0.1, 0.15) is 22.3 Å². The number of nitrogens with one attached hydrogen (secondary N) is 1. The van der Waals surface area contributed by atoms with Crippen molar-refractivity contribution in [1.29, 1.82) is 0 Å². The molecule has 0 aliphatic carbocycles. The van der Waals surface area contributed by atoms with Gasteiger partial charge in [-0.3, -0.25) is 24.3 Å². The molecule has 0 bridgehead atoms. The van der Waals surface area contributed by atoms with E-state index >= 15 is 0 Å². The van der Waals surface area contributed by atoms with Gasteiger partial charge in [0.15, 0.2) is 0 Å². The van der Waals surface area contributed by atoms with E-state index in [-0.39, 0.29) is 36.6 Å². The van der Waals surface area contributed by atoms with Gasteiger partial charge in [0.1, 0.15) is 0 Å². The summed E-state index contributed by atoms with van der Waals surface area (Å²) in [6.45, 7) is 4.41. The number of aromatic nitrogens is 1. The Morgan fingerprint density at radius 1 is 1.21 bits per heavy atom. The van der Waals surface area contributed by atoms with Crippen LogP contribution in [0.25, 0.3) is 6.08 Å². The van der Waals surface area contributed by atoms with Gasteiger partial charge in [0.05, 0.1) is 11.3 Å². The second kappa shape index (κ2) is 8.84. The van der Waals surface area contributed by atoms with Crippen molar-refractivity contribution in [3.63, 3.8) is 0 Å². The van der Waals surface area contributed by atoms with E-state index in [0.717, 1.165) is 33.4 Å². The summed E-state index contributed by atoms with van der Waals surface area (Å²) in [6, 6.07) is 9.50. The largest absolute Gasteiger partial charge is 0.354 e. The summed E-state index contributed by atoms with van der Waals surface area (Å²) in [4.78, 5) is 42.2. The molecule has 1 aromatic carbocycles. The van der Waals surface area contributed by atoms with Crippen molar-refractivity contribution in [2.75, 3.05) is 13.1 Å². The van der Waals surface area contributed by atoms with Crippen molar-refractivity contribution < 1.29 is 14.4 Å². The van der Waals surface area contributed by atoms with E-state index in [9.17, 15) is 14.4 Å². The number of carbonyl (C=O) groups is 3. The molecule has 1 saturated heterocycles. The Hall–Kier alpha value is -2.93. The second-order valence-corrected chi connectivity index (χ2v) is 7.56. The van der Waals surface area contributed by atoms with Crippen LogP contribution in [0.2, 0.25) is 0 Å². The molecule has 0 radical (unpaired) electrons. The molecule has 1 aliphatic rings. The third-order valence-corrected chi connectivity index (χ3v) is 5.36. The molecule has 0 spiro atoms. The quantitative estimate of drug-likeness (QED) is 0.761. The zero-order chi connectivity index (χ0) is 20.1. The molecular formula is C21H21N3O3S. The van der Waals surface area contributed by atoms with Gasteiger partial charge in [0.25, 0.3) is 11.1 Å². The van der Waals surface area contributed by atoms with Crippen LogP contribution in [0.5, 0.6) is 0 Å². The number of hydrogen-bond donors (Lipinski definition) is 1. The number of pyridine rings is 1. The molecule has 1 aromatic heterocycles. The topological polar surface area (TPSA) is 79.4 Å². The van der Waals surface area contributed by atoms with Crippen LogP contribution >= 0.6 is 11.8 Å². The number of carbonyl (C=O) groups excluding carboxylic acids is 3. The van der Waals surface area contributed by atoms with E-state index in [1.165, 1.54) is 5.56 Å². The summed E-state index contributed by atoms with van der Waals surface area (Å²) in [5.74, 6) is -0.483. The molecule has 7 heteroatoms. The number of rotatable bonds is 6. The zero-order valence-electron chi connectivity index (χ0n) is 15.8. The standard InChI is InChI=1S/C21H21N3O3S/c1-14-5-6-16(10-15(14)2)12-19(25)23-8-9-24-20(26)18(28-21(24)27)11-17-4-3-7-22-13-17/h3-7,10-11,13H,8-9,12H2,1-2H3,(H,23,25)/b18-11+. The molecule has 2 heterocycles. The number of imide groups is 1. The molecule has 28 heavy (non-hydrogen) atoms. The van der Waals surface area contributed by atoms with Crippen LogP contribution in [0, 0.1) is 13.8 Å². The summed E-state index contributed by atoms with van der Waals surface area (Å²) in [5.41, 5.74) is 4.02. The second-order valence-electron chi connectivity index (χ2n) is 6.57. The Morgan fingerprint density at radius 3 is 2.75 bits per heavy atom. The molecule has 0 atom stereocenters. The highest BCUT2D eigenvalue weighted by Crippen LogP contribution is 2.31. The minimum absolute atomic E-state index is 0.138. The number of thioether (sulfide) groups is 1. The van der Waals surface area contributed by atoms with Crippen LogP contribution in [0.4, 0.5) is 4.79 Å². The average molecular weight is 395 g/mol. The first-order chi connectivity index (χ1) is 13.4. The van der Waals surface area contributed by atoms with Crippen LogP contribution in [0.15, 0.2) is 47.6 Å². The maximum absolute atomic E-state index is 12.4. The maximum atomic E-state index is 12.4. The molecule has 1 aliphatic heterocycles. The molecule has 6 nitrogen and oxygen atoms in total. The van der Waals surface area contributed by atoms with Crippen LogP contribution < -0.4 is 5.32 Å².